The SMILES string of the molecule is CCCC1(OC(C)=O)OCCc2c1[nH]c1c(F)ccc(-c3cccc(N)c3)c21. The molecule has 1 aliphatic heterocycles. The summed E-state index contributed by atoms with van der Waals surface area (Å²) in [5, 5.41) is 0.788. The number of esters is 1. The number of aromatic amines is 1. The number of halogens is 1. The van der Waals surface area contributed by atoms with Gasteiger partial charge in [-0.1, -0.05) is 25.1 Å². The van der Waals surface area contributed by atoms with E-state index in [1.54, 1.807) is 6.07 Å². The van der Waals surface area contributed by atoms with Crippen molar-refractivity contribution in [1.82, 2.24) is 4.98 Å². The molecular weight excluding hydrogens is 359 g/mol. The molecule has 28 heavy (non-hydrogen) atoms. The molecule has 0 saturated carbocycles. The quantitative estimate of drug-likeness (QED) is 0.509. The van der Waals surface area contributed by atoms with Crippen LogP contribution >= 0.6 is 0 Å². The number of carbonyl (C=O) groups excluding carboxylic acids is 1. The fourth-order valence-electron chi connectivity index (χ4n) is 4.14. The van der Waals surface area contributed by atoms with E-state index in [9.17, 15) is 9.18 Å². The number of rotatable bonds is 4. The van der Waals surface area contributed by atoms with Crippen molar-refractivity contribution in [2.24, 2.45) is 0 Å². The number of nitrogens with two attached hydrogens (primary N) is 1. The minimum Gasteiger partial charge on any atom is -0.427 e. The maximum absolute atomic E-state index is 14.7. The van der Waals surface area contributed by atoms with E-state index >= 15 is 0 Å². The lowest BCUT2D eigenvalue weighted by atomic mass is 9.92. The van der Waals surface area contributed by atoms with Crippen molar-refractivity contribution in [2.75, 3.05) is 12.3 Å². The topological polar surface area (TPSA) is 77.3 Å². The minimum atomic E-state index is -1.22. The highest BCUT2D eigenvalue weighted by molar-refractivity contribution is 5.99. The molecule has 2 aromatic carbocycles. The van der Waals surface area contributed by atoms with Crippen LogP contribution < -0.4 is 5.73 Å². The average Bonchev–Trinajstić information content (AvgIpc) is 3.04. The van der Waals surface area contributed by atoms with Gasteiger partial charge in [-0.2, -0.15) is 0 Å². The number of hydrogen-bond donors (Lipinski definition) is 2. The predicted octanol–water partition coefficient (Wildman–Crippen LogP) is 4.64. The lowest BCUT2D eigenvalue weighted by Crippen LogP contribution is -2.39. The molecule has 0 amide bonds. The van der Waals surface area contributed by atoms with Crippen molar-refractivity contribution in [1.29, 1.82) is 0 Å². The van der Waals surface area contributed by atoms with Crippen LogP contribution in [0.5, 0.6) is 0 Å². The van der Waals surface area contributed by atoms with Crippen molar-refractivity contribution in [3.05, 3.63) is 53.5 Å². The van der Waals surface area contributed by atoms with Gasteiger partial charge in [0.1, 0.15) is 5.82 Å². The van der Waals surface area contributed by atoms with Gasteiger partial charge in [-0.25, -0.2) is 4.39 Å². The van der Waals surface area contributed by atoms with Gasteiger partial charge in [-0.05, 0) is 47.7 Å². The second-order valence-electron chi connectivity index (χ2n) is 7.14. The summed E-state index contributed by atoms with van der Waals surface area (Å²) >= 11 is 0. The Balaban J connectivity index is 2.01. The first-order valence-corrected chi connectivity index (χ1v) is 9.48. The van der Waals surface area contributed by atoms with E-state index < -0.39 is 11.8 Å². The highest BCUT2D eigenvalue weighted by Crippen LogP contribution is 2.44. The number of fused-ring (bicyclic) bond motifs is 3. The van der Waals surface area contributed by atoms with Gasteiger partial charge < -0.3 is 20.2 Å². The number of hydrogen-bond acceptors (Lipinski definition) is 4. The Hall–Kier alpha value is -2.86. The molecule has 2 heterocycles. The summed E-state index contributed by atoms with van der Waals surface area (Å²) in [4.78, 5) is 15.0. The lowest BCUT2D eigenvalue weighted by molar-refractivity contribution is -0.247. The monoisotopic (exact) mass is 382 g/mol. The van der Waals surface area contributed by atoms with E-state index in [1.807, 2.05) is 31.2 Å². The third kappa shape index (κ3) is 2.94. The van der Waals surface area contributed by atoms with Gasteiger partial charge in [0.25, 0.3) is 5.79 Å². The van der Waals surface area contributed by atoms with Crippen molar-refractivity contribution in [3.8, 4) is 11.1 Å². The van der Waals surface area contributed by atoms with Gasteiger partial charge >= 0.3 is 5.97 Å². The van der Waals surface area contributed by atoms with E-state index in [0.717, 1.165) is 28.5 Å². The van der Waals surface area contributed by atoms with Crippen LogP contribution in [0.15, 0.2) is 36.4 Å². The molecule has 1 atom stereocenters. The largest absolute Gasteiger partial charge is 0.427 e. The van der Waals surface area contributed by atoms with Crippen LogP contribution in [0.4, 0.5) is 10.1 Å². The summed E-state index contributed by atoms with van der Waals surface area (Å²) in [6.45, 7) is 3.74. The van der Waals surface area contributed by atoms with E-state index in [-0.39, 0.29) is 5.82 Å². The van der Waals surface area contributed by atoms with Gasteiger partial charge in [0.15, 0.2) is 0 Å². The van der Waals surface area contributed by atoms with Crippen molar-refractivity contribution in [2.45, 2.75) is 38.9 Å². The van der Waals surface area contributed by atoms with Crippen molar-refractivity contribution >= 4 is 22.6 Å². The molecule has 3 N–H and O–H groups in total. The van der Waals surface area contributed by atoms with Gasteiger partial charge in [-0.15, -0.1) is 0 Å². The highest BCUT2D eigenvalue weighted by Gasteiger charge is 2.43. The van der Waals surface area contributed by atoms with Crippen LogP contribution in [0.3, 0.4) is 0 Å². The summed E-state index contributed by atoms with van der Waals surface area (Å²) in [7, 11) is 0. The van der Waals surface area contributed by atoms with E-state index in [4.69, 9.17) is 15.2 Å². The summed E-state index contributed by atoms with van der Waals surface area (Å²) < 4.78 is 26.3. The first kappa shape index (κ1) is 18.5. The highest BCUT2D eigenvalue weighted by atomic mass is 19.1. The number of ether oxygens (including phenoxy) is 2. The molecule has 0 saturated heterocycles. The Morgan fingerprint density at radius 2 is 2.18 bits per heavy atom. The molecular formula is C22H23FN2O3. The average molecular weight is 382 g/mol. The molecule has 4 rings (SSSR count). The van der Waals surface area contributed by atoms with Crippen molar-refractivity contribution in [3.63, 3.8) is 0 Å². The van der Waals surface area contributed by atoms with Gasteiger partial charge in [-0.3, -0.25) is 4.79 Å². The molecule has 0 radical (unpaired) electrons. The third-order valence-electron chi connectivity index (χ3n) is 5.16. The lowest BCUT2D eigenvalue weighted by Gasteiger charge is -2.36. The maximum atomic E-state index is 14.7. The standard InChI is InChI=1S/C22H23FN2O3/c1-3-10-22(28-13(2)26)21-17(9-11-27-22)19-16(7-8-18(23)20(19)25-21)14-5-4-6-15(24)12-14/h4-8,12,25H,3,9-11,24H2,1-2H3. The number of nitrogen functional groups attached to an aromatic ring is 1. The van der Waals surface area contributed by atoms with Gasteiger partial charge in [0.05, 0.1) is 17.8 Å². The molecule has 1 aromatic heterocycles. The molecule has 0 fully saturated rings. The van der Waals surface area contributed by atoms with Crippen LogP contribution in [0.1, 0.15) is 37.9 Å². The number of aromatic nitrogens is 1. The normalized spacial score (nSPS) is 18.8. The Labute approximate surface area is 162 Å². The first-order valence-electron chi connectivity index (χ1n) is 9.48. The summed E-state index contributed by atoms with van der Waals surface area (Å²) in [5.41, 5.74) is 10.3. The Kier molecular flexibility index (Phi) is 4.59. The zero-order valence-corrected chi connectivity index (χ0v) is 16.0. The minimum absolute atomic E-state index is 0.356. The summed E-state index contributed by atoms with van der Waals surface area (Å²) in [6.07, 6.45) is 1.83. The Morgan fingerprint density at radius 3 is 2.89 bits per heavy atom. The summed E-state index contributed by atoms with van der Waals surface area (Å²) in [5.74, 6) is -2.01. The molecule has 5 nitrogen and oxygen atoms in total. The van der Waals surface area contributed by atoms with Crippen molar-refractivity contribution < 1.29 is 18.7 Å². The fourth-order valence-corrected chi connectivity index (χ4v) is 4.14. The first-order chi connectivity index (χ1) is 13.4. The van der Waals surface area contributed by atoms with Gasteiger partial charge in [0, 0.05) is 24.4 Å². The number of carbonyl (C=O) groups is 1. The molecule has 3 aromatic rings. The second-order valence-corrected chi connectivity index (χ2v) is 7.14. The maximum Gasteiger partial charge on any atom is 0.305 e. The molecule has 6 heteroatoms. The van der Waals surface area contributed by atoms with E-state index in [2.05, 4.69) is 4.98 Å². The van der Waals surface area contributed by atoms with Crippen LogP contribution in [0.2, 0.25) is 0 Å². The number of H-pyrrole nitrogens is 1. The van der Waals surface area contributed by atoms with Crippen LogP contribution in [0, 0.1) is 5.82 Å². The third-order valence-corrected chi connectivity index (χ3v) is 5.16. The number of nitrogens with one attached hydrogen (secondary N) is 1. The van der Waals surface area contributed by atoms with Crippen LogP contribution in [0.25, 0.3) is 22.0 Å². The number of benzene rings is 2. The summed E-state index contributed by atoms with van der Waals surface area (Å²) in [6, 6.07) is 10.7. The Morgan fingerprint density at radius 1 is 1.36 bits per heavy atom. The smallest absolute Gasteiger partial charge is 0.305 e. The Bertz CT molecular complexity index is 1060. The number of anilines is 1. The molecule has 146 valence electrons. The van der Waals surface area contributed by atoms with Gasteiger partial charge in [0.2, 0.25) is 0 Å². The van der Waals surface area contributed by atoms with E-state index in [1.165, 1.54) is 13.0 Å². The second kappa shape index (κ2) is 6.95. The van der Waals surface area contributed by atoms with Crippen LogP contribution in [-0.4, -0.2) is 17.6 Å². The zero-order valence-electron chi connectivity index (χ0n) is 16.0. The molecule has 0 spiro atoms. The molecule has 1 aliphatic rings. The predicted molar refractivity (Wildman–Crippen MR) is 106 cm³/mol. The molecule has 0 bridgehead atoms. The fraction of sp³-hybridized carbons (Fsp3) is 0.318. The van der Waals surface area contributed by atoms with Crippen LogP contribution in [-0.2, 0) is 26.5 Å². The zero-order chi connectivity index (χ0) is 19.9. The molecule has 1 unspecified atom stereocenters. The molecule has 0 aliphatic carbocycles. The van der Waals surface area contributed by atoms with E-state index in [0.29, 0.717) is 36.3 Å².